The van der Waals surface area contributed by atoms with Gasteiger partial charge in [0.1, 0.15) is 0 Å². The van der Waals surface area contributed by atoms with E-state index in [4.69, 9.17) is 0 Å². The molecule has 0 amide bonds. The number of nitrogens with one attached hydrogen (secondary N) is 2. The van der Waals surface area contributed by atoms with Crippen molar-refractivity contribution in [1.82, 2.24) is 4.57 Å². The molecule has 50 heavy (non-hydrogen) atoms. The first-order chi connectivity index (χ1) is 24.7. The van der Waals surface area contributed by atoms with Gasteiger partial charge in [0.05, 0.1) is 28.1 Å². The SMILES string of the molecule is C=C1CC=CN(c2ccc(Nc3ccccc3NCC3=CCCC=C3)cc2)c2c1c1ccccc1c1c3ccccc3n(-c3ccccc3)c21. The molecule has 7 aromatic rings. The van der Waals surface area contributed by atoms with Crippen LogP contribution in [0.2, 0.25) is 0 Å². The Morgan fingerprint density at radius 2 is 1.36 bits per heavy atom. The first-order valence-electron chi connectivity index (χ1n) is 17.5. The molecule has 0 radical (unpaired) electrons. The van der Waals surface area contributed by atoms with E-state index in [1.54, 1.807) is 0 Å². The van der Waals surface area contributed by atoms with Crippen molar-refractivity contribution >= 4 is 66.6 Å². The summed E-state index contributed by atoms with van der Waals surface area (Å²) in [6.45, 7) is 5.47. The maximum Gasteiger partial charge on any atom is 0.0795 e. The van der Waals surface area contributed by atoms with Gasteiger partial charge in [0, 0.05) is 46.1 Å². The second kappa shape index (κ2) is 12.6. The van der Waals surface area contributed by atoms with E-state index in [2.05, 4.69) is 185 Å². The fourth-order valence-corrected chi connectivity index (χ4v) is 7.63. The highest BCUT2D eigenvalue weighted by atomic mass is 15.1. The van der Waals surface area contributed by atoms with Gasteiger partial charge in [-0.1, -0.05) is 104 Å². The highest BCUT2D eigenvalue weighted by Gasteiger charge is 2.27. The summed E-state index contributed by atoms with van der Waals surface area (Å²) in [7, 11) is 0. The van der Waals surface area contributed by atoms with Crippen LogP contribution in [0, 0.1) is 0 Å². The lowest BCUT2D eigenvalue weighted by Crippen LogP contribution is -2.12. The lowest BCUT2D eigenvalue weighted by molar-refractivity contribution is 1.00. The van der Waals surface area contributed by atoms with Crippen molar-refractivity contribution in [3.63, 3.8) is 0 Å². The largest absolute Gasteiger partial charge is 0.379 e. The minimum atomic E-state index is 0.778. The second-order valence-electron chi connectivity index (χ2n) is 13.1. The minimum Gasteiger partial charge on any atom is -0.379 e. The molecule has 0 atom stereocenters. The third-order valence-corrected chi connectivity index (χ3v) is 9.94. The Balaban J connectivity index is 1.18. The van der Waals surface area contributed by atoms with Gasteiger partial charge in [-0.3, -0.25) is 0 Å². The van der Waals surface area contributed by atoms with Crippen LogP contribution in [-0.4, -0.2) is 11.1 Å². The summed E-state index contributed by atoms with van der Waals surface area (Å²) >= 11 is 0. The maximum atomic E-state index is 4.66. The summed E-state index contributed by atoms with van der Waals surface area (Å²) in [4.78, 5) is 2.37. The number of nitrogens with zero attached hydrogens (tertiary/aromatic N) is 2. The molecule has 2 heterocycles. The zero-order valence-electron chi connectivity index (χ0n) is 27.9. The zero-order valence-corrected chi connectivity index (χ0v) is 27.9. The highest BCUT2D eigenvalue weighted by Crippen LogP contribution is 2.50. The number of allylic oxidation sites excluding steroid dienone is 4. The molecule has 1 aliphatic heterocycles. The number of rotatable bonds is 7. The van der Waals surface area contributed by atoms with E-state index >= 15 is 0 Å². The van der Waals surface area contributed by atoms with Gasteiger partial charge in [-0.15, -0.1) is 0 Å². The van der Waals surface area contributed by atoms with Crippen LogP contribution in [0.3, 0.4) is 0 Å². The van der Waals surface area contributed by atoms with E-state index in [-0.39, 0.29) is 0 Å². The molecule has 4 nitrogen and oxygen atoms in total. The molecule has 1 aliphatic carbocycles. The van der Waals surface area contributed by atoms with Crippen LogP contribution < -0.4 is 15.5 Å². The second-order valence-corrected chi connectivity index (χ2v) is 13.1. The molecule has 0 bridgehead atoms. The van der Waals surface area contributed by atoms with E-state index in [9.17, 15) is 0 Å². The van der Waals surface area contributed by atoms with Crippen molar-refractivity contribution in [3.05, 3.63) is 176 Å². The Morgan fingerprint density at radius 1 is 0.640 bits per heavy atom. The van der Waals surface area contributed by atoms with Gasteiger partial charge in [-0.05, 0) is 95.8 Å². The predicted molar refractivity (Wildman–Crippen MR) is 214 cm³/mol. The van der Waals surface area contributed by atoms with Crippen LogP contribution in [0.15, 0.2) is 170 Å². The third-order valence-electron chi connectivity index (χ3n) is 9.94. The summed E-state index contributed by atoms with van der Waals surface area (Å²) in [6, 6.07) is 45.6. The number of hydrogen-bond donors (Lipinski definition) is 2. The average Bonchev–Trinajstić information content (AvgIpc) is 3.42. The first kappa shape index (κ1) is 29.8. The topological polar surface area (TPSA) is 32.2 Å². The Labute approximate surface area is 293 Å². The molecule has 0 fully saturated rings. The van der Waals surface area contributed by atoms with Gasteiger partial charge >= 0.3 is 0 Å². The van der Waals surface area contributed by atoms with Crippen LogP contribution >= 0.6 is 0 Å². The molecule has 0 saturated carbocycles. The minimum absolute atomic E-state index is 0.778. The van der Waals surface area contributed by atoms with E-state index in [1.807, 2.05) is 0 Å². The van der Waals surface area contributed by atoms with Crippen LogP contribution in [-0.2, 0) is 0 Å². The molecule has 0 spiro atoms. The molecule has 2 aliphatic rings. The molecule has 4 heteroatoms. The van der Waals surface area contributed by atoms with Crippen LogP contribution in [0.5, 0.6) is 0 Å². The van der Waals surface area contributed by atoms with E-state index < -0.39 is 0 Å². The summed E-state index contributed by atoms with van der Waals surface area (Å²) in [5, 5.41) is 12.3. The molecule has 2 N–H and O–H groups in total. The Bertz CT molecular complexity index is 2500. The van der Waals surface area contributed by atoms with Gasteiger partial charge < -0.3 is 20.1 Å². The predicted octanol–water partition coefficient (Wildman–Crippen LogP) is 12.4. The molecule has 242 valence electrons. The fourth-order valence-electron chi connectivity index (χ4n) is 7.63. The van der Waals surface area contributed by atoms with Crippen molar-refractivity contribution in [1.29, 1.82) is 0 Å². The Morgan fingerprint density at radius 3 is 2.16 bits per heavy atom. The van der Waals surface area contributed by atoms with Crippen LogP contribution in [0.4, 0.5) is 28.4 Å². The Kier molecular flexibility index (Phi) is 7.55. The number of fused-ring (bicyclic) bond motifs is 8. The zero-order chi connectivity index (χ0) is 33.4. The van der Waals surface area contributed by atoms with Crippen molar-refractivity contribution < 1.29 is 0 Å². The van der Waals surface area contributed by atoms with Crippen molar-refractivity contribution in [3.8, 4) is 5.69 Å². The molecule has 6 aromatic carbocycles. The molecule has 0 saturated heterocycles. The first-order valence-corrected chi connectivity index (χ1v) is 17.5. The summed E-state index contributed by atoms with van der Waals surface area (Å²) in [5.41, 5.74) is 12.6. The molecule has 9 rings (SSSR count). The summed E-state index contributed by atoms with van der Waals surface area (Å²) < 4.78 is 2.44. The van der Waals surface area contributed by atoms with E-state index in [0.29, 0.717) is 0 Å². The van der Waals surface area contributed by atoms with Crippen LogP contribution in [0.1, 0.15) is 24.8 Å². The molecule has 0 unspecified atom stereocenters. The third kappa shape index (κ3) is 5.17. The molecule has 1 aromatic heterocycles. The maximum absolute atomic E-state index is 4.66. The van der Waals surface area contributed by atoms with Crippen molar-refractivity contribution in [2.45, 2.75) is 19.3 Å². The number of anilines is 5. The normalized spacial score (nSPS) is 14.2. The number of para-hydroxylation sites is 4. The lowest BCUT2D eigenvalue weighted by atomic mass is 9.92. The molecular formula is C46H38N4. The number of aromatic nitrogens is 1. The smallest absolute Gasteiger partial charge is 0.0795 e. The van der Waals surface area contributed by atoms with Crippen LogP contribution in [0.25, 0.3) is 43.8 Å². The fraction of sp³-hybridized carbons (Fsp3) is 0.0870. The molecular weight excluding hydrogens is 609 g/mol. The van der Waals surface area contributed by atoms with Gasteiger partial charge in [0.2, 0.25) is 0 Å². The number of hydrogen-bond acceptors (Lipinski definition) is 3. The van der Waals surface area contributed by atoms with Crippen molar-refractivity contribution in [2.24, 2.45) is 0 Å². The Hall–Kier alpha value is -6.26. The summed E-state index contributed by atoms with van der Waals surface area (Å²) in [6.07, 6.45) is 14.3. The van der Waals surface area contributed by atoms with Gasteiger partial charge in [-0.25, -0.2) is 0 Å². The van der Waals surface area contributed by atoms with Gasteiger partial charge in [-0.2, -0.15) is 0 Å². The quantitative estimate of drug-likeness (QED) is 0.181. The van der Waals surface area contributed by atoms with E-state index in [1.165, 1.54) is 43.7 Å². The lowest BCUT2D eigenvalue weighted by Gasteiger charge is -2.27. The van der Waals surface area contributed by atoms with Crippen molar-refractivity contribution in [2.75, 3.05) is 22.1 Å². The van der Waals surface area contributed by atoms with E-state index in [0.717, 1.165) is 65.5 Å². The van der Waals surface area contributed by atoms with Gasteiger partial charge in [0.25, 0.3) is 0 Å². The highest BCUT2D eigenvalue weighted by molar-refractivity contribution is 6.28. The number of benzene rings is 6. The monoisotopic (exact) mass is 646 g/mol. The van der Waals surface area contributed by atoms with Gasteiger partial charge in [0.15, 0.2) is 0 Å². The average molecular weight is 647 g/mol. The standard InChI is InChI=1S/C46H38N4/c1-32-15-14-30-49(35-28-26-34(27-29-35)48-41-24-12-11-23-40(41)47-31-33-16-4-2-5-17-33)45-43(32)37-20-8-9-21-38(37)44-39-22-10-13-25-42(39)50(46(44)45)36-18-6-3-7-19-36/h3-4,6-14,16-30,47-48H,1-2,5,15,31H2. The summed E-state index contributed by atoms with van der Waals surface area (Å²) in [5.74, 6) is 0.